The minimum Gasteiger partial charge on any atom is -0.192 e. The number of nitrogens with zero attached hydrogens (tertiary/aromatic N) is 1. The number of aryl methyl sites for hydroxylation is 2. The summed E-state index contributed by atoms with van der Waals surface area (Å²) in [6.07, 6.45) is 10.4. The molecular formula is C24H29N. The molecule has 0 radical (unpaired) electrons. The topological polar surface area (TPSA) is 23.8 Å². The minimum atomic E-state index is 0.738. The van der Waals surface area contributed by atoms with Crippen molar-refractivity contribution in [1.82, 2.24) is 0 Å². The van der Waals surface area contributed by atoms with E-state index in [1.54, 1.807) is 0 Å². The molecule has 0 heterocycles. The summed E-state index contributed by atoms with van der Waals surface area (Å²) in [5.41, 5.74) is 4.99. The second kappa shape index (κ2) is 8.86. The third-order valence-electron chi connectivity index (χ3n) is 5.78. The number of nitriles is 1. The van der Waals surface area contributed by atoms with Gasteiger partial charge in [0.05, 0.1) is 11.6 Å². The number of hydrogen-bond donors (Lipinski definition) is 0. The van der Waals surface area contributed by atoms with E-state index < -0.39 is 0 Å². The van der Waals surface area contributed by atoms with E-state index in [0.717, 1.165) is 30.2 Å². The molecule has 3 rings (SSSR count). The highest BCUT2D eigenvalue weighted by Crippen LogP contribution is 2.37. The van der Waals surface area contributed by atoms with E-state index in [4.69, 9.17) is 5.26 Å². The van der Waals surface area contributed by atoms with Crippen LogP contribution >= 0.6 is 0 Å². The molecule has 0 aromatic heterocycles. The summed E-state index contributed by atoms with van der Waals surface area (Å²) >= 11 is 0. The second-order valence-corrected chi connectivity index (χ2v) is 7.56. The van der Waals surface area contributed by atoms with Crippen LogP contribution in [0, 0.1) is 17.2 Å². The molecule has 1 saturated carbocycles. The normalized spacial score (nSPS) is 20.2. The van der Waals surface area contributed by atoms with E-state index in [-0.39, 0.29) is 0 Å². The minimum absolute atomic E-state index is 0.738. The highest BCUT2D eigenvalue weighted by molar-refractivity contribution is 5.32. The highest BCUT2D eigenvalue weighted by Gasteiger charge is 2.21. The summed E-state index contributed by atoms with van der Waals surface area (Å²) < 4.78 is 0. The van der Waals surface area contributed by atoms with Gasteiger partial charge in [0.1, 0.15) is 0 Å². The van der Waals surface area contributed by atoms with Gasteiger partial charge >= 0.3 is 0 Å². The molecule has 0 bridgehead atoms. The van der Waals surface area contributed by atoms with Crippen LogP contribution in [0.1, 0.15) is 73.6 Å². The molecule has 0 N–H and O–H groups in total. The van der Waals surface area contributed by atoms with Crippen LogP contribution in [-0.2, 0) is 12.8 Å². The van der Waals surface area contributed by atoms with E-state index in [9.17, 15) is 0 Å². The average Bonchev–Trinajstić information content (AvgIpc) is 2.68. The van der Waals surface area contributed by atoms with Gasteiger partial charge in [0.25, 0.3) is 0 Å². The van der Waals surface area contributed by atoms with E-state index in [2.05, 4.69) is 49.4 Å². The maximum absolute atomic E-state index is 8.86. The van der Waals surface area contributed by atoms with Gasteiger partial charge in [-0.05, 0) is 79.2 Å². The summed E-state index contributed by atoms with van der Waals surface area (Å²) in [6.45, 7) is 2.31. The first-order valence-corrected chi connectivity index (χ1v) is 9.86. The van der Waals surface area contributed by atoms with Crippen LogP contribution in [0.25, 0.3) is 0 Å². The van der Waals surface area contributed by atoms with Gasteiger partial charge in [-0.25, -0.2) is 0 Å². The van der Waals surface area contributed by atoms with E-state index in [0.29, 0.717) is 0 Å². The molecule has 0 amide bonds. The van der Waals surface area contributed by atoms with E-state index in [1.807, 2.05) is 12.1 Å². The third kappa shape index (κ3) is 4.95. The molecule has 1 nitrogen and oxygen atoms in total. The van der Waals surface area contributed by atoms with Crippen LogP contribution < -0.4 is 0 Å². The van der Waals surface area contributed by atoms with Gasteiger partial charge in [0, 0.05) is 0 Å². The third-order valence-corrected chi connectivity index (χ3v) is 5.78. The van der Waals surface area contributed by atoms with Gasteiger partial charge in [0.2, 0.25) is 0 Å². The Morgan fingerprint density at radius 1 is 0.840 bits per heavy atom. The van der Waals surface area contributed by atoms with Crippen LogP contribution in [-0.4, -0.2) is 0 Å². The smallest absolute Gasteiger partial charge is 0.0991 e. The first-order valence-electron chi connectivity index (χ1n) is 9.86. The Bertz CT molecular complexity index is 682. The zero-order valence-corrected chi connectivity index (χ0v) is 15.4. The van der Waals surface area contributed by atoms with Crippen molar-refractivity contribution >= 4 is 0 Å². The fourth-order valence-electron chi connectivity index (χ4n) is 4.18. The predicted molar refractivity (Wildman–Crippen MR) is 105 cm³/mol. The fourth-order valence-corrected chi connectivity index (χ4v) is 4.18. The van der Waals surface area contributed by atoms with Gasteiger partial charge in [-0.1, -0.05) is 56.2 Å². The molecule has 1 heteroatoms. The van der Waals surface area contributed by atoms with Crippen molar-refractivity contribution in [1.29, 1.82) is 5.26 Å². The maximum Gasteiger partial charge on any atom is 0.0991 e. The van der Waals surface area contributed by atoms with Crippen molar-refractivity contribution in [2.75, 3.05) is 0 Å². The summed E-state index contributed by atoms with van der Waals surface area (Å²) in [4.78, 5) is 0. The molecule has 0 atom stereocenters. The second-order valence-electron chi connectivity index (χ2n) is 7.56. The molecule has 0 aliphatic heterocycles. The molecule has 0 saturated heterocycles. The van der Waals surface area contributed by atoms with Gasteiger partial charge in [-0.2, -0.15) is 5.26 Å². The molecular weight excluding hydrogens is 302 g/mol. The summed E-state index contributed by atoms with van der Waals surface area (Å²) in [5.74, 6) is 1.76. The molecule has 0 unspecified atom stereocenters. The Labute approximate surface area is 152 Å². The predicted octanol–water partition coefficient (Wildman–Crippen LogP) is 6.42. The number of rotatable bonds is 6. The van der Waals surface area contributed by atoms with Crippen LogP contribution in [0.3, 0.4) is 0 Å². The maximum atomic E-state index is 8.86. The Balaban J connectivity index is 1.51. The highest BCUT2D eigenvalue weighted by atomic mass is 14.3. The Hall–Kier alpha value is -2.07. The Morgan fingerprint density at radius 2 is 1.40 bits per heavy atom. The standard InChI is InChI=1S/C24H29N/c1-2-3-19-10-14-23(15-11-19)24-16-12-21(13-17-24)5-4-20-6-8-22(18-25)9-7-20/h6-9,12-13,16-17,19,23H,2-5,10-11,14-15H2,1H3/t19-,23-. The summed E-state index contributed by atoms with van der Waals surface area (Å²) in [6, 6.07) is 19.5. The quantitative estimate of drug-likeness (QED) is 0.599. The lowest BCUT2D eigenvalue weighted by Gasteiger charge is -2.28. The zero-order chi connectivity index (χ0) is 17.5. The van der Waals surface area contributed by atoms with E-state index in [1.165, 1.54) is 55.2 Å². The lowest BCUT2D eigenvalue weighted by molar-refractivity contribution is 0.308. The van der Waals surface area contributed by atoms with Crippen molar-refractivity contribution in [2.45, 2.75) is 64.2 Å². The molecule has 2 aromatic rings. The van der Waals surface area contributed by atoms with Gasteiger partial charge < -0.3 is 0 Å². The molecule has 130 valence electrons. The summed E-state index contributed by atoms with van der Waals surface area (Å²) in [5, 5.41) is 8.86. The molecule has 25 heavy (non-hydrogen) atoms. The van der Waals surface area contributed by atoms with Crippen LogP contribution in [0.2, 0.25) is 0 Å². The van der Waals surface area contributed by atoms with Crippen molar-refractivity contribution in [2.24, 2.45) is 5.92 Å². The molecule has 1 fully saturated rings. The van der Waals surface area contributed by atoms with Crippen molar-refractivity contribution in [3.63, 3.8) is 0 Å². The van der Waals surface area contributed by atoms with Crippen molar-refractivity contribution < 1.29 is 0 Å². The SMILES string of the molecule is CCC[C@H]1CC[C@H](c2ccc(CCc3ccc(C#N)cc3)cc2)CC1. The zero-order valence-electron chi connectivity index (χ0n) is 15.4. The van der Waals surface area contributed by atoms with Crippen molar-refractivity contribution in [3.05, 3.63) is 70.8 Å². The van der Waals surface area contributed by atoms with Crippen LogP contribution in [0.15, 0.2) is 48.5 Å². The molecule has 1 aliphatic carbocycles. The van der Waals surface area contributed by atoms with Crippen molar-refractivity contribution in [3.8, 4) is 6.07 Å². The van der Waals surface area contributed by atoms with E-state index >= 15 is 0 Å². The van der Waals surface area contributed by atoms with Gasteiger partial charge in [0.15, 0.2) is 0 Å². The first kappa shape index (κ1) is 17.7. The first-order chi connectivity index (χ1) is 12.3. The average molecular weight is 332 g/mol. The lowest BCUT2D eigenvalue weighted by atomic mass is 9.77. The largest absolute Gasteiger partial charge is 0.192 e. The van der Waals surface area contributed by atoms with Crippen LogP contribution in [0.5, 0.6) is 0 Å². The number of benzene rings is 2. The molecule has 1 aliphatic rings. The Morgan fingerprint density at radius 3 is 1.92 bits per heavy atom. The van der Waals surface area contributed by atoms with Gasteiger partial charge in [-0.15, -0.1) is 0 Å². The molecule has 2 aromatic carbocycles. The summed E-state index contributed by atoms with van der Waals surface area (Å²) in [7, 11) is 0. The number of hydrogen-bond acceptors (Lipinski definition) is 1. The van der Waals surface area contributed by atoms with Crippen LogP contribution in [0.4, 0.5) is 0 Å². The fraction of sp³-hybridized carbons (Fsp3) is 0.458. The molecule has 0 spiro atoms. The Kier molecular flexibility index (Phi) is 6.29. The lowest BCUT2D eigenvalue weighted by Crippen LogP contribution is -2.13. The monoisotopic (exact) mass is 331 g/mol. The van der Waals surface area contributed by atoms with Gasteiger partial charge in [-0.3, -0.25) is 0 Å².